The molecule has 1 aromatic rings. The van der Waals surface area contributed by atoms with Gasteiger partial charge in [-0.15, -0.1) is 0 Å². The molecule has 0 aliphatic heterocycles. The normalized spacial score (nSPS) is 11.7. The van der Waals surface area contributed by atoms with Gasteiger partial charge in [0, 0.05) is 18.2 Å². The van der Waals surface area contributed by atoms with Crippen LogP contribution in [0.2, 0.25) is 0 Å². The summed E-state index contributed by atoms with van der Waals surface area (Å²) in [5.74, 6) is 0. The minimum absolute atomic E-state index is 0.163. The Morgan fingerprint density at radius 2 is 2.07 bits per heavy atom. The van der Waals surface area contributed by atoms with Crippen molar-refractivity contribution >= 4 is 5.69 Å². The minimum atomic E-state index is -0.711. The van der Waals surface area contributed by atoms with Crippen molar-refractivity contribution < 1.29 is 10.2 Å². The van der Waals surface area contributed by atoms with Gasteiger partial charge in [0.25, 0.3) is 5.56 Å². The third kappa shape index (κ3) is 2.57. The van der Waals surface area contributed by atoms with Crippen LogP contribution in [-0.4, -0.2) is 28.0 Å². The third-order valence-corrected chi connectivity index (χ3v) is 2.37. The molecule has 5 nitrogen and oxygen atoms in total. The number of hydrogen-bond donors (Lipinski definition) is 3. The fourth-order valence-corrected chi connectivity index (χ4v) is 1.24. The molecule has 0 radical (unpaired) electrons. The third-order valence-electron chi connectivity index (χ3n) is 2.37. The topological polar surface area (TPSA) is 88.5 Å². The lowest BCUT2D eigenvalue weighted by Gasteiger charge is -2.25. The summed E-state index contributed by atoms with van der Waals surface area (Å²) in [6, 6.07) is 3.18. The maximum absolute atomic E-state index is 11.6. The smallest absolute Gasteiger partial charge is 0.273 e. The highest BCUT2D eigenvalue weighted by molar-refractivity contribution is 5.33. The number of hydrogen-bond acceptors (Lipinski definition) is 4. The van der Waals surface area contributed by atoms with E-state index in [4.69, 9.17) is 15.9 Å². The summed E-state index contributed by atoms with van der Waals surface area (Å²) in [6.07, 6.45) is 1.59. The van der Waals surface area contributed by atoms with E-state index in [0.29, 0.717) is 0 Å². The molecule has 5 heteroatoms. The number of anilines is 1. The van der Waals surface area contributed by atoms with E-state index in [2.05, 4.69) is 0 Å². The highest BCUT2D eigenvalue weighted by Gasteiger charge is 2.23. The number of aliphatic hydroxyl groups is 2. The van der Waals surface area contributed by atoms with Crippen molar-refractivity contribution in [2.75, 3.05) is 18.9 Å². The molecule has 15 heavy (non-hydrogen) atoms. The van der Waals surface area contributed by atoms with Crippen LogP contribution in [0.25, 0.3) is 0 Å². The number of pyridine rings is 1. The molecule has 0 atom stereocenters. The van der Waals surface area contributed by atoms with Crippen LogP contribution in [0, 0.1) is 5.41 Å². The average Bonchev–Trinajstić information content (AvgIpc) is 2.25. The van der Waals surface area contributed by atoms with Gasteiger partial charge < -0.3 is 20.5 Å². The van der Waals surface area contributed by atoms with Crippen molar-refractivity contribution in [1.82, 2.24) is 4.57 Å². The van der Waals surface area contributed by atoms with Gasteiger partial charge in [0.15, 0.2) is 0 Å². The lowest BCUT2D eigenvalue weighted by atomic mass is 9.93. The van der Waals surface area contributed by atoms with Gasteiger partial charge in [-0.05, 0) is 12.1 Å². The molecule has 0 saturated carbocycles. The quantitative estimate of drug-likeness (QED) is 0.623. The highest BCUT2D eigenvalue weighted by atomic mass is 16.3. The fourth-order valence-electron chi connectivity index (χ4n) is 1.24. The standard InChI is InChI=1S/C10H16N2O3/c1-10(6-13,7-14)5-12-4-2-3-8(11)9(12)15/h2-4,13-14H,5-7,11H2,1H3. The molecule has 1 aromatic heterocycles. The zero-order valence-electron chi connectivity index (χ0n) is 8.68. The van der Waals surface area contributed by atoms with Crippen LogP contribution < -0.4 is 11.3 Å². The van der Waals surface area contributed by atoms with Crippen molar-refractivity contribution in [2.45, 2.75) is 13.5 Å². The van der Waals surface area contributed by atoms with Crippen LogP contribution in [0.15, 0.2) is 23.1 Å². The van der Waals surface area contributed by atoms with Crippen molar-refractivity contribution in [3.05, 3.63) is 28.7 Å². The van der Waals surface area contributed by atoms with E-state index < -0.39 is 5.41 Å². The predicted molar refractivity (Wildman–Crippen MR) is 57.4 cm³/mol. The van der Waals surface area contributed by atoms with Crippen LogP contribution in [-0.2, 0) is 6.54 Å². The molecule has 0 spiro atoms. The van der Waals surface area contributed by atoms with E-state index in [9.17, 15) is 4.79 Å². The summed E-state index contributed by atoms with van der Waals surface area (Å²) in [7, 11) is 0. The first-order chi connectivity index (χ1) is 7.02. The maximum atomic E-state index is 11.6. The Morgan fingerprint density at radius 1 is 1.47 bits per heavy atom. The van der Waals surface area contributed by atoms with E-state index in [-0.39, 0.29) is 31.0 Å². The van der Waals surface area contributed by atoms with E-state index in [1.165, 1.54) is 10.6 Å². The first-order valence-electron chi connectivity index (χ1n) is 4.69. The van der Waals surface area contributed by atoms with E-state index in [1.54, 1.807) is 19.2 Å². The van der Waals surface area contributed by atoms with Gasteiger partial charge in [-0.3, -0.25) is 4.79 Å². The molecule has 4 N–H and O–H groups in total. The fraction of sp³-hybridized carbons (Fsp3) is 0.500. The molecular weight excluding hydrogens is 196 g/mol. The molecule has 0 unspecified atom stereocenters. The molecule has 0 bridgehead atoms. The van der Waals surface area contributed by atoms with Crippen LogP contribution in [0.4, 0.5) is 5.69 Å². The number of aromatic nitrogens is 1. The van der Waals surface area contributed by atoms with Crippen molar-refractivity contribution in [1.29, 1.82) is 0 Å². The van der Waals surface area contributed by atoms with E-state index >= 15 is 0 Å². The summed E-state index contributed by atoms with van der Waals surface area (Å²) >= 11 is 0. The Morgan fingerprint density at radius 3 is 2.60 bits per heavy atom. The molecule has 0 saturated heterocycles. The number of rotatable bonds is 4. The van der Waals surface area contributed by atoms with Crippen molar-refractivity contribution in [3.63, 3.8) is 0 Å². The predicted octanol–water partition coefficient (Wildman–Crippen LogP) is -0.579. The largest absolute Gasteiger partial charge is 0.396 e. The molecule has 0 aliphatic carbocycles. The Labute approximate surface area is 87.8 Å². The van der Waals surface area contributed by atoms with Gasteiger partial charge in [0.2, 0.25) is 0 Å². The zero-order chi connectivity index (χ0) is 11.5. The lowest BCUT2D eigenvalue weighted by Crippen LogP contribution is -2.36. The molecule has 0 aromatic carbocycles. The highest BCUT2D eigenvalue weighted by Crippen LogP contribution is 2.16. The SMILES string of the molecule is CC(CO)(CO)Cn1cccc(N)c1=O. The number of nitrogens with zero attached hydrogens (tertiary/aromatic N) is 1. The summed E-state index contributed by atoms with van der Waals surface area (Å²) in [5, 5.41) is 18.2. The summed E-state index contributed by atoms with van der Waals surface area (Å²) < 4.78 is 1.39. The van der Waals surface area contributed by atoms with Crippen LogP contribution >= 0.6 is 0 Å². The summed E-state index contributed by atoms with van der Waals surface area (Å²) in [5.41, 5.74) is 4.62. The molecule has 1 rings (SSSR count). The first-order valence-corrected chi connectivity index (χ1v) is 4.69. The van der Waals surface area contributed by atoms with Gasteiger partial charge >= 0.3 is 0 Å². The van der Waals surface area contributed by atoms with Crippen molar-refractivity contribution in [2.24, 2.45) is 5.41 Å². The molecule has 0 aliphatic rings. The summed E-state index contributed by atoms with van der Waals surface area (Å²) in [4.78, 5) is 11.6. The van der Waals surface area contributed by atoms with Crippen LogP contribution in [0.3, 0.4) is 0 Å². The molecular formula is C10H16N2O3. The van der Waals surface area contributed by atoms with Crippen molar-refractivity contribution in [3.8, 4) is 0 Å². The van der Waals surface area contributed by atoms with Gasteiger partial charge in [-0.2, -0.15) is 0 Å². The monoisotopic (exact) mass is 212 g/mol. The van der Waals surface area contributed by atoms with Gasteiger partial charge in [0.1, 0.15) is 0 Å². The molecule has 0 amide bonds. The second-order valence-electron chi connectivity index (χ2n) is 4.02. The van der Waals surface area contributed by atoms with Crippen LogP contribution in [0.1, 0.15) is 6.92 Å². The number of nitrogens with two attached hydrogens (primary N) is 1. The Kier molecular flexibility index (Phi) is 3.49. The molecule has 0 fully saturated rings. The number of nitrogen functional groups attached to an aromatic ring is 1. The molecule has 1 heterocycles. The second kappa shape index (κ2) is 4.46. The Bertz CT molecular complexity index is 382. The van der Waals surface area contributed by atoms with Gasteiger partial charge in [0.05, 0.1) is 18.9 Å². The lowest BCUT2D eigenvalue weighted by molar-refractivity contribution is 0.0546. The second-order valence-corrected chi connectivity index (χ2v) is 4.02. The summed E-state index contributed by atoms with van der Waals surface area (Å²) in [6.45, 7) is 1.56. The average molecular weight is 212 g/mol. The zero-order valence-corrected chi connectivity index (χ0v) is 8.68. The van der Waals surface area contributed by atoms with E-state index in [0.717, 1.165) is 0 Å². The first kappa shape index (κ1) is 11.7. The minimum Gasteiger partial charge on any atom is -0.396 e. The Hall–Kier alpha value is -1.33. The maximum Gasteiger partial charge on any atom is 0.273 e. The number of aliphatic hydroxyl groups excluding tert-OH is 2. The Balaban J connectivity index is 2.99. The van der Waals surface area contributed by atoms with Gasteiger partial charge in [-0.1, -0.05) is 6.92 Å². The van der Waals surface area contributed by atoms with Gasteiger partial charge in [-0.25, -0.2) is 0 Å². The van der Waals surface area contributed by atoms with E-state index in [1.807, 2.05) is 0 Å². The molecule has 84 valence electrons. The van der Waals surface area contributed by atoms with Crippen LogP contribution in [0.5, 0.6) is 0 Å².